The first-order valence-electron chi connectivity index (χ1n) is 6.33. The molecule has 20 heavy (non-hydrogen) atoms. The Labute approximate surface area is 115 Å². The van der Waals surface area contributed by atoms with Crippen LogP contribution in [0.4, 0.5) is 0 Å². The molecule has 2 amide bonds. The van der Waals surface area contributed by atoms with E-state index in [2.05, 4.69) is 0 Å². The van der Waals surface area contributed by atoms with E-state index in [-0.39, 0.29) is 25.0 Å². The number of furan rings is 1. The first-order chi connectivity index (χ1) is 9.77. The number of ether oxygens (including phenoxy) is 1. The van der Waals surface area contributed by atoms with Gasteiger partial charge in [0.25, 0.3) is 11.8 Å². The molecule has 2 aromatic rings. The highest BCUT2D eigenvalue weighted by atomic mass is 16.5. The lowest BCUT2D eigenvalue weighted by Gasteiger charge is -2.13. The number of hydrogen-bond acceptors (Lipinski definition) is 4. The average molecular weight is 271 g/mol. The molecule has 0 radical (unpaired) electrons. The van der Waals surface area contributed by atoms with Crippen LogP contribution in [0.25, 0.3) is 0 Å². The van der Waals surface area contributed by atoms with Crippen molar-refractivity contribution in [1.29, 1.82) is 0 Å². The Morgan fingerprint density at radius 1 is 1.00 bits per heavy atom. The largest absolute Gasteiger partial charge is 0.467 e. The molecule has 0 saturated heterocycles. The molecule has 3 rings (SSSR count). The van der Waals surface area contributed by atoms with Crippen molar-refractivity contribution in [2.75, 3.05) is 13.2 Å². The third kappa shape index (κ3) is 2.23. The topological polar surface area (TPSA) is 59.8 Å². The lowest BCUT2D eigenvalue weighted by molar-refractivity contribution is 0.0525. The number of carbonyl (C=O) groups is 2. The summed E-state index contributed by atoms with van der Waals surface area (Å²) in [4.78, 5) is 25.3. The fraction of sp³-hybridized carbons (Fsp3) is 0.200. The van der Waals surface area contributed by atoms with Crippen molar-refractivity contribution in [3.8, 4) is 0 Å². The van der Waals surface area contributed by atoms with Crippen molar-refractivity contribution in [2.24, 2.45) is 0 Å². The van der Waals surface area contributed by atoms with Crippen LogP contribution in [0.1, 0.15) is 26.5 Å². The van der Waals surface area contributed by atoms with E-state index < -0.39 is 0 Å². The minimum atomic E-state index is -0.257. The molecule has 0 unspecified atom stereocenters. The number of fused-ring (bicyclic) bond motifs is 1. The molecule has 1 aliphatic heterocycles. The van der Waals surface area contributed by atoms with Crippen molar-refractivity contribution < 1.29 is 18.7 Å². The summed E-state index contributed by atoms with van der Waals surface area (Å²) >= 11 is 0. The molecule has 1 aliphatic rings. The Morgan fingerprint density at radius 2 is 1.70 bits per heavy atom. The molecule has 5 nitrogen and oxygen atoms in total. The van der Waals surface area contributed by atoms with Gasteiger partial charge in [-0.05, 0) is 24.3 Å². The van der Waals surface area contributed by atoms with Crippen LogP contribution in [0, 0.1) is 0 Å². The van der Waals surface area contributed by atoms with E-state index in [4.69, 9.17) is 9.15 Å². The van der Waals surface area contributed by atoms with Crippen LogP contribution in [0.15, 0.2) is 47.1 Å². The normalized spacial score (nSPS) is 13.9. The van der Waals surface area contributed by atoms with Crippen molar-refractivity contribution in [3.05, 3.63) is 59.5 Å². The van der Waals surface area contributed by atoms with Crippen LogP contribution in [0.5, 0.6) is 0 Å². The summed E-state index contributed by atoms with van der Waals surface area (Å²) in [5.74, 6) is 0.201. The van der Waals surface area contributed by atoms with Gasteiger partial charge in [-0.3, -0.25) is 14.5 Å². The minimum absolute atomic E-state index is 0.243. The zero-order chi connectivity index (χ0) is 13.9. The number of benzene rings is 1. The van der Waals surface area contributed by atoms with Crippen LogP contribution < -0.4 is 0 Å². The summed E-state index contributed by atoms with van der Waals surface area (Å²) in [5, 5.41) is 0. The van der Waals surface area contributed by atoms with Crippen molar-refractivity contribution in [2.45, 2.75) is 6.61 Å². The molecule has 0 fully saturated rings. The lowest BCUT2D eigenvalue weighted by atomic mass is 10.1. The van der Waals surface area contributed by atoms with Crippen LogP contribution in [0.2, 0.25) is 0 Å². The second-order valence-electron chi connectivity index (χ2n) is 4.44. The van der Waals surface area contributed by atoms with Gasteiger partial charge in [-0.2, -0.15) is 0 Å². The van der Waals surface area contributed by atoms with Crippen molar-refractivity contribution in [3.63, 3.8) is 0 Å². The van der Waals surface area contributed by atoms with E-state index in [0.717, 1.165) is 0 Å². The van der Waals surface area contributed by atoms with E-state index in [0.29, 0.717) is 23.5 Å². The maximum atomic E-state index is 12.1. The number of rotatable bonds is 5. The fourth-order valence-corrected chi connectivity index (χ4v) is 2.17. The molecule has 0 aliphatic carbocycles. The minimum Gasteiger partial charge on any atom is -0.467 e. The number of imide groups is 1. The summed E-state index contributed by atoms with van der Waals surface area (Å²) < 4.78 is 10.5. The summed E-state index contributed by atoms with van der Waals surface area (Å²) in [7, 11) is 0. The maximum absolute atomic E-state index is 12.1. The molecule has 2 heterocycles. The van der Waals surface area contributed by atoms with E-state index in [9.17, 15) is 9.59 Å². The molecule has 0 bridgehead atoms. The molecule has 1 aromatic carbocycles. The summed E-state index contributed by atoms with van der Waals surface area (Å²) in [6.07, 6.45) is 1.57. The standard InChI is InChI=1S/C15H13NO4/c17-14-12-5-1-2-6-13(12)15(18)16(14)7-9-19-10-11-4-3-8-20-11/h1-6,8H,7,9-10H2. The fourth-order valence-electron chi connectivity index (χ4n) is 2.17. The Hall–Kier alpha value is -2.40. The Morgan fingerprint density at radius 3 is 2.30 bits per heavy atom. The monoisotopic (exact) mass is 271 g/mol. The van der Waals surface area contributed by atoms with Gasteiger partial charge in [0.1, 0.15) is 12.4 Å². The van der Waals surface area contributed by atoms with Crippen LogP contribution in [-0.2, 0) is 11.3 Å². The zero-order valence-electron chi connectivity index (χ0n) is 10.7. The van der Waals surface area contributed by atoms with E-state index in [1.807, 2.05) is 6.07 Å². The molecule has 102 valence electrons. The van der Waals surface area contributed by atoms with Crippen LogP contribution in [0.3, 0.4) is 0 Å². The van der Waals surface area contributed by atoms with Crippen molar-refractivity contribution in [1.82, 2.24) is 4.90 Å². The van der Waals surface area contributed by atoms with Gasteiger partial charge in [0.15, 0.2) is 0 Å². The first-order valence-corrected chi connectivity index (χ1v) is 6.33. The Kier molecular flexibility index (Phi) is 3.35. The summed E-state index contributed by atoms with van der Waals surface area (Å²) in [6, 6.07) is 10.4. The third-order valence-corrected chi connectivity index (χ3v) is 3.16. The number of hydrogen-bond donors (Lipinski definition) is 0. The molecule has 1 aromatic heterocycles. The maximum Gasteiger partial charge on any atom is 0.261 e. The van der Waals surface area contributed by atoms with Gasteiger partial charge in [0.05, 0.1) is 30.5 Å². The Balaban J connectivity index is 1.57. The van der Waals surface area contributed by atoms with E-state index in [1.54, 1.807) is 36.6 Å². The second-order valence-corrected chi connectivity index (χ2v) is 4.44. The number of carbonyl (C=O) groups excluding carboxylic acids is 2. The SMILES string of the molecule is O=C1c2ccccc2C(=O)N1CCOCc1ccco1. The number of nitrogens with zero attached hydrogens (tertiary/aromatic N) is 1. The molecular formula is C15H13NO4. The Bertz CT molecular complexity index is 598. The molecule has 0 atom stereocenters. The van der Waals surface area contributed by atoms with E-state index in [1.165, 1.54) is 4.90 Å². The smallest absolute Gasteiger partial charge is 0.261 e. The van der Waals surface area contributed by atoms with Crippen molar-refractivity contribution >= 4 is 11.8 Å². The lowest BCUT2D eigenvalue weighted by Crippen LogP contribution is -2.32. The second kappa shape index (κ2) is 5.30. The third-order valence-electron chi connectivity index (χ3n) is 3.16. The highest BCUT2D eigenvalue weighted by molar-refractivity contribution is 6.21. The average Bonchev–Trinajstić information content (AvgIpc) is 3.06. The van der Waals surface area contributed by atoms with Gasteiger partial charge < -0.3 is 9.15 Å². The van der Waals surface area contributed by atoms with Gasteiger partial charge in [0.2, 0.25) is 0 Å². The predicted octanol–water partition coefficient (Wildman–Crippen LogP) is 2.09. The quantitative estimate of drug-likeness (QED) is 0.617. The highest BCUT2D eigenvalue weighted by Gasteiger charge is 2.34. The number of amides is 2. The van der Waals surface area contributed by atoms with Gasteiger partial charge in [0, 0.05) is 0 Å². The zero-order valence-corrected chi connectivity index (χ0v) is 10.7. The predicted molar refractivity (Wildman–Crippen MR) is 70.2 cm³/mol. The molecule has 5 heteroatoms. The van der Waals surface area contributed by atoms with Crippen LogP contribution >= 0.6 is 0 Å². The first kappa shape index (κ1) is 12.6. The van der Waals surface area contributed by atoms with E-state index >= 15 is 0 Å². The van der Waals surface area contributed by atoms with Gasteiger partial charge in [-0.1, -0.05) is 12.1 Å². The molecular weight excluding hydrogens is 258 g/mol. The molecule has 0 spiro atoms. The molecule has 0 N–H and O–H groups in total. The van der Waals surface area contributed by atoms with Gasteiger partial charge in [-0.15, -0.1) is 0 Å². The van der Waals surface area contributed by atoms with Gasteiger partial charge in [-0.25, -0.2) is 0 Å². The van der Waals surface area contributed by atoms with Crippen LogP contribution in [-0.4, -0.2) is 29.9 Å². The molecule has 0 saturated carbocycles. The summed E-state index contributed by atoms with van der Waals surface area (Å²) in [6.45, 7) is 0.857. The highest BCUT2D eigenvalue weighted by Crippen LogP contribution is 2.21. The summed E-state index contributed by atoms with van der Waals surface area (Å²) in [5.41, 5.74) is 0.923. The van der Waals surface area contributed by atoms with Gasteiger partial charge >= 0.3 is 0 Å².